The zero-order valence-electron chi connectivity index (χ0n) is 6.42. The molecule has 0 aliphatic carbocycles. The minimum atomic E-state index is -1.47. The van der Waals surface area contributed by atoms with Gasteiger partial charge in [0.15, 0.2) is 0 Å². The zero-order valence-corrected chi connectivity index (χ0v) is 6.42. The minimum absolute atomic E-state index is 0.322. The molecule has 0 aliphatic heterocycles. The van der Waals surface area contributed by atoms with E-state index in [2.05, 4.69) is 5.32 Å². The summed E-state index contributed by atoms with van der Waals surface area (Å²) in [6, 6.07) is 5.56. The molecule has 0 bridgehead atoms. The van der Waals surface area contributed by atoms with Crippen molar-refractivity contribution in [2.24, 2.45) is 0 Å². The lowest BCUT2D eigenvalue weighted by Gasteiger charge is -2.23. The fraction of sp³-hybridized carbons (Fsp3) is 0.143. The van der Waals surface area contributed by atoms with Gasteiger partial charge in [0, 0.05) is 5.69 Å². The third kappa shape index (κ3) is 3.03. The summed E-state index contributed by atoms with van der Waals surface area (Å²) in [5, 5.41) is 1.10. The average molecular weight is 155 g/mol. The van der Waals surface area contributed by atoms with Gasteiger partial charge in [-0.15, -0.1) is 0 Å². The monoisotopic (exact) mass is 155 g/mol. The average Bonchev–Trinajstić information content (AvgIpc) is 1.91. The third-order valence-electron chi connectivity index (χ3n) is 1.21. The van der Waals surface area contributed by atoms with E-state index in [1.165, 1.54) is 24.3 Å². The SMILES string of the molecule is [B]C([B])([B])Nc1ccc(F)cc1. The van der Waals surface area contributed by atoms with Crippen molar-refractivity contribution in [1.82, 2.24) is 0 Å². The quantitative estimate of drug-likeness (QED) is 0.607. The van der Waals surface area contributed by atoms with E-state index in [0.29, 0.717) is 5.69 Å². The van der Waals surface area contributed by atoms with Gasteiger partial charge in [0.1, 0.15) is 5.82 Å². The van der Waals surface area contributed by atoms with Crippen LogP contribution in [-0.4, -0.2) is 28.8 Å². The van der Waals surface area contributed by atoms with E-state index in [4.69, 9.17) is 23.5 Å². The Morgan fingerprint density at radius 3 is 2.00 bits per heavy atom. The van der Waals surface area contributed by atoms with Gasteiger partial charge in [0.25, 0.3) is 0 Å². The Morgan fingerprint density at radius 1 is 1.08 bits per heavy atom. The van der Waals surface area contributed by atoms with Crippen molar-refractivity contribution in [3.63, 3.8) is 0 Å². The number of anilines is 1. The van der Waals surface area contributed by atoms with Crippen LogP contribution in [0.25, 0.3) is 0 Å². The van der Waals surface area contributed by atoms with Crippen LogP contribution in [0.5, 0.6) is 0 Å². The highest BCUT2D eigenvalue weighted by atomic mass is 19.1. The molecule has 5 heteroatoms. The predicted octanol–water partition coefficient (Wildman–Crippen LogP) is 0.354. The van der Waals surface area contributed by atoms with Gasteiger partial charge in [-0.2, -0.15) is 0 Å². The fourth-order valence-electron chi connectivity index (χ4n) is 0.783. The van der Waals surface area contributed by atoms with Gasteiger partial charge in [-0.05, 0) is 24.3 Å². The number of hydrogen-bond donors (Lipinski definition) is 1. The Kier molecular flexibility index (Phi) is 2.50. The molecule has 0 saturated heterocycles. The molecule has 0 saturated carbocycles. The summed E-state index contributed by atoms with van der Waals surface area (Å²) in [4.78, 5) is 0. The van der Waals surface area contributed by atoms with Crippen LogP contribution < -0.4 is 5.32 Å². The number of nitrogens with one attached hydrogen (secondary N) is 1. The summed E-state index contributed by atoms with van der Waals surface area (Å²) in [5.74, 6) is -0.322. The second-order valence-electron chi connectivity index (χ2n) is 2.56. The van der Waals surface area contributed by atoms with Gasteiger partial charge in [-0.3, -0.25) is 0 Å². The number of halogens is 1. The highest BCUT2D eigenvalue weighted by molar-refractivity contribution is 6.60. The molecule has 0 atom stereocenters. The molecule has 0 amide bonds. The molecular weight excluding hydrogens is 150 g/mol. The van der Waals surface area contributed by atoms with E-state index in [-0.39, 0.29) is 5.82 Å². The molecule has 0 unspecified atom stereocenters. The highest BCUT2D eigenvalue weighted by Crippen LogP contribution is 2.10. The number of hydrogen-bond acceptors (Lipinski definition) is 1. The first-order valence-electron chi connectivity index (χ1n) is 3.38. The molecule has 54 valence electrons. The van der Waals surface area contributed by atoms with E-state index >= 15 is 0 Å². The normalized spacial score (nSPS) is 11.1. The fourth-order valence-corrected chi connectivity index (χ4v) is 0.783. The van der Waals surface area contributed by atoms with E-state index in [9.17, 15) is 4.39 Å². The van der Waals surface area contributed by atoms with Crippen LogP contribution in [-0.2, 0) is 0 Å². The molecule has 0 heterocycles. The summed E-state index contributed by atoms with van der Waals surface area (Å²) >= 11 is 0. The summed E-state index contributed by atoms with van der Waals surface area (Å²) in [6.45, 7) is 0. The molecular formula is C7H5B3FN. The van der Waals surface area contributed by atoms with Gasteiger partial charge in [-0.25, -0.2) is 4.39 Å². The Bertz CT molecular complexity index is 254. The summed E-state index contributed by atoms with van der Waals surface area (Å²) in [7, 11) is 15.8. The van der Waals surface area contributed by atoms with Gasteiger partial charge in [0.2, 0.25) is 0 Å². The molecule has 1 nitrogen and oxygen atoms in total. The van der Waals surface area contributed by atoms with E-state index < -0.39 is 5.24 Å². The van der Waals surface area contributed by atoms with Gasteiger partial charge in [0.05, 0.1) is 23.5 Å². The standard InChI is InChI=1S/C7H5B3FN/c8-7(9,10)12-6-3-1-5(11)2-4-6/h1-4,12H. The van der Waals surface area contributed by atoms with Crippen molar-refractivity contribution in [1.29, 1.82) is 0 Å². The Morgan fingerprint density at radius 2 is 1.58 bits per heavy atom. The smallest absolute Gasteiger partial charge is 0.123 e. The maximum absolute atomic E-state index is 12.4. The van der Waals surface area contributed by atoms with Crippen LogP contribution in [0.4, 0.5) is 10.1 Å². The Hall–Kier alpha value is -0.855. The van der Waals surface area contributed by atoms with E-state index in [1.54, 1.807) is 0 Å². The largest absolute Gasteiger partial charge is 0.405 e. The molecule has 0 aromatic heterocycles. The van der Waals surface area contributed by atoms with Gasteiger partial charge in [-0.1, -0.05) is 5.24 Å². The Balaban J connectivity index is 2.71. The first kappa shape index (κ1) is 9.23. The van der Waals surface area contributed by atoms with Crippen molar-refractivity contribution in [2.75, 3.05) is 5.32 Å². The van der Waals surface area contributed by atoms with Crippen LogP contribution in [0.2, 0.25) is 0 Å². The molecule has 0 fully saturated rings. The highest BCUT2D eigenvalue weighted by Gasteiger charge is 2.07. The summed E-state index contributed by atoms with van der Waals surface area (Å²) in [5.41, 5.74) is 0.573. The maximum Gasteiger partial charge on any atom is 0.123 e. The van der Waals surface area contributed by atoms with Crippen molar-refractivity contribution in [3.8, 4) is 0 Å². The third-order valence-corrected chi connectivity index (χ3v) is 1.21. The van der Waals surface area contributed by atoms with Crippen molar-refractivity contribution < 1.29 is 4.39 Å². The summed E-state index contributed by atoms with van der Waals surface area (Å²) < 4.78 is 12.4. The Labute approximate surface area is 75.0 Å². The molecule has 1 aromatic rings. The molecule has 1 aromatic carbocycles. The van der Waals surface area contributed by atoms with Crippen molar-refractivity contribution in [3.05, 3.63) is 30.1 Å². The number of benzene rings is 1. The topological polar surface area (TPSA) is 12.0 Å². The zero-order chi connectivity index (χ0) is 9.19. The molecule has 1 rings (SSSR count). The maximum atomic E-state index is 12.4. The van der Waals surface area contributed by atoms with Gasteiger partial charge >= 0.3 is 0 Å². The second kappa shape index (κ2) is 3.25. The lowest BCUT2D eigenvalue weighted by atomic mass is 9.49. The van der Waals surface area contributed by atoms with Crippen LogP contribution >= 0.6 is 0 Å². The molecule has 6 radical (unpaired) electrons. The summed E-state index contributed by atoms with van der Waals surface area (Å²) in [6.07, 6.45) is 0. The van der Waals surface area contributed by atoms with Crippen LogP contribution in [0.3, 0.4) is 0 Å². The minimum Gasteiger partial charge on any atom is -0.405 e. The first-order chi connectivity index (χ1) is 5.47. The van der Waals surface area contributed by atoms with E-state index in [0.717, 1.165) is 0 Å². The predicted molar refractivity (Wildman–Crippen MR) is 50.0 cm³/mol. The van der Waals surface area contributed by atoms with E-state index in [1.807, 2.05) is 0 Å². The van der Waals surface area contributed by atoms with Crippen LogP contribution in [0.15, 0.2) is 24.3 Å². The first-order valence-corrected chi connectivity index (χ1v) is 3.38. The van der Waals surface area contributed by atoms with Crippen molar-refractivity contribution >= 4 is 29.2 Å². The lowest BCUT2D eigenvalue weighted by Crippen LogP contribution is -2.39. The van der Waals surface area contributed by atoms with Crippen LogP contribution in [0, 0.1) is 5.82 Å². The molecule has 1 N–H and O–H groups in total. The van der Waals surface area contributed by atoms with Gasteiger partial charge < -0.3 is 5.32 Å². The second-order valence-corrected chi connectivity index (χ2v) is 2.56. The molecule has 0 aliphatic rings. The molecule has 12 heavy (non-hydrogen) atoms. The van der Waals surface area contributed by atoms with Crippen molar-refractivity contribution in [2.45, 2.75) is 5.24 Å². The number of rotatable bonds is 2. The molecule has 0 spiro atoms. The van der Waals surface area contributed by atoms with Crippen LogP contribution in [0.1, 0.15) is 0 Å². The lowest BCUT2D eigenvalue weighted by molar-refractivity contribution is 0.628.